The number of rotatable bonds is 4. The minimum absolute atomic E-state index is 0.0249. The number of benzene rings is 1. The Morgan fingerprint density at radius 3 is 2.31 bits per heavy atom. The Hall–Kier alpha value is -1.93. The maximum absolute atomic E-state index is 13.2. The van der Waals surface area contributed by atoms with Gasteiger partial charge in [-0.25, -0.2) is 17.9 Å². The Bertz CT molecular complexity index is 1030. The summed E-state index contributed by atoms with van der Waals surface area (Å²) in [7, 11) is -1.95. The van der Waals surface area contributed by atoms with Gasteiger partial charge in [-0.05, 0) is 49.8 Å². The van der Waals surface area contributed by atoms with Gasteiger partial charge in [-0.3, -0.25) is 4.57 Å². The summed E-state index contributed by atoms with van der Waals surface area (Å²) in [6.07, 6.45) is 1.56. The maximum atomic E-state index is 13.2. The topological polar surface area (TPSA) is 77.2 Å². The molecule has 1 saturated heterocycles. The van der Waals surface area contributed by atoms with Crippen molar-refractivity contribution >= 4 is 10.0 Å². The van der Waals surface area contributed by atoms with Crippen molar-refractivity contribution in [1.82, 2.24) is 18.7 Å². The van der Waals surface area contributed by atoms with E-state index in [2.05, 4.69) is 25.9 Å². The molecule has 0 amide bonds. The first-order valence-corrected chi connectivity index (χ1v) is 11.6. The summed E-state index contributed by atoms with van der Waals surface area (Å²) in [4.78, 5) is 12.7. The molecular formula is C21H32N4O3S. The molecule has 29 heavy (non-hydrogen) atoms. The molecular weight excluding hydrogens is 388 g/mol. The summed E-state index contributed by atoms with van der Waals surface area (Å²) in [5.74, 6) is 0.583. The van der Waals surface area contributed by atoms with E-state index < -0.39 is 10.0 Å². The third kappa shape index (κ3) is 4.19. The van der Waals surface area contributed by atoms with Crippen molar-refractivity contribution in [2.75, 3.05) is 13.1 Å². The number of nitrogens with zero attached hydrogens (tertiary/aromatic N) is 4. The molecule has 160 valence electrons. The zero-order valence-electron chi connectivity index (χ0n) is 18.2. The highest BCUT2D eigenvalue weighted by Crippen LogP contribution is 2.31. The van der Waals surface area contributed by atoms with Crippen LogP contribution >= 0.6 is 0 Å². The van der Waals surface area contributed by atoms with E-state index in [-0.39, 0.29) is 23.1 Å². The number of hydrogen-bond acceptors (Lipinski definition) is 4. The summed E-state index contributed by atoms with van der Waals surface area (Å²) < 4.78 is 31.1. The van der Waals surface area contributed by atoms with E-state index >= 15 is 0 Å². The lowest BCUT2D eigenvalue weighted by atomic mass is 9.87. The second-order valence-corrected chi connectivity index (χ2v) is 11.1. The van der Waals surface area contributed by atoms with Crippen LogP contribution < -0.4 is 5.69 Å². The highest BCUT2D eigenvalue weighted by Gasteiger charge is 2.34. The second kappa shape index (κ2) is 7.72. The molecule has 3 rings (SSSR count). The molecule has 1 fully saturated rings. The lowest BCUT2D eigenvalue weighted by molar-refractivity contribution is 0.301. The van der Waals surface area contributed by atoms with Crippen molar-refractivity contribution in [3.05, 3.63) is 46.1 Å². The number of sulfonamides is 1. The van der Waals surface area contributed by atoms with Crippen molar-refractivity contribution in [2.24, 2.45) is 7.05 Å². The molecule has 0 spiro atoms. The molecule has 2 heterocycles. The average molecular weight is 421 g/mol. The smallest absolute Gasteiger partial charge is 0.276 e. The van der Waals surface area contributed by atoms with Gasteiger partial charge in [-0.1, -0.05) is 32.9 Å². The van der Waals surface area contributed by atoms with Gasteiger partial charge in [-0.15, -0.1) is 0 Å². The Morgan fingerprint density at radius 2 is 1.76 bits per heavy atom. The van der Waals surface area contributed by atoms with E-state index in [9.17, 15) is 13.2 Å². The van der Waals surface area contributed by atoms with Crippen molar-refractivity contribution in [1.29, 1.82) is 0 Å². The predicted molar refractivity (Wildman–Crippen MR) is 114 cm³/mol. The van der Waals surface area contributed by atoms with Gasteiger partial charge in [0.05, 0.1) is 4.90 Å². The highest BCUT2D eigenvalue weighted by atomic mass is 32.2. The maximum Gasteiger partial charge on any atom is 0.345 e. The number of piperidine rings is 1. The second-order valence-electron chi connectivity index (χ2n) is 9.20. The standard InChI is InChI=1S/C21H32N4O3S/c1-15(2)25-19(22-23(6)20(25)26)16-8-7-13-24(14-16)29(27,28)18-11-9-17(10-12-18)21(3,4)5/h9-12,15-16H,7-8,13-14H2,1-6H3. The molecule has 0 bridgehead atoms. The normalized spacial score (nSPS) is 19.1. The lowest BCUT2D eigenvalue weighted by Crippen LogP contribution is -2.40. The van der Waals surface area contributed by atoms with Gasteiger partial charge in [0.2, 0.25) is 10.0 Å². The summed E-state index contributed by atoms with van der Waals surface area (Å²) in [5.41, 5.74) is 0.910. The van der Waals surface area contributed by atoms with Crippen LogP contribution in [0.4, 0.5) is 0 Å². The fourth-order valence-electron chi connectivity index (χ4n) is 3.91. The molecule has 1 aromatic heterocycles. The van der Waals surface area contributed by atoms with Gasteiger partial charge in [0.25, 0.3) is 0 Å². The van der Waals surface area contributed by atoms with Crippen molar-refractivity contribution in [2.45, 2.75) is 69.7 Å². The third-order valence-corrected chi connectivity index (χ3v) is 7.49. The van der Waals surface area contributed by atoms with E-state index in [0.29, 0.717) is 23.8 Å². The summed E-state index contributed by atoms with van der Waals surface area (Å²) >= 11 is 0. The molecule has 0 saturated carbocycles. The van der Waals surface area contributed by atoms with Gasteiger partial charge >= 0.3 is 5.69 Å². The SMILES string of the molecule is CC(C)n1c(C2CCCN(S(=O)(=O)c3ccc(C(C)(C)C)cc3)C2)nn(C)c1=O. The van der Waals surface area contributed by atoms with E-state index in [4.69, 9.17) is 0 Å². The van der Waals surface area contributed by atoms with Crippen LogP contribution in [-0.2, 0) is 22.5 Å². The monoisotopic (exact) mass is 420 g/mol. The number of aryl methyl sites for hydroxylation is 1. The quantitative estimate of drug-likeness (QED) is 0.762. The van der Waals surface area contributed by atoms with Gasteiger partial charge in [-0.2, -0.15) is 9.40 Å². The fraction of sp³-hybridized carbons (Fsp3) is 0.619. The van der Waals surface area contributed by atoms with Crippen molar-refractivity contribution in [3.63, 3.8) is 0 Å². The van der Waals surface area contributed by atoms with Crippen LogP contribution in [0.2, 0.25) is 0 Å². The predicted octanol–water partition coefficient (Wildman–Crippen LogP) is 3.03. The number of hydrogen-bond donors (Lipinski definition) is 0. The molecule has 0 aliphatic carbocycles. The summed E-state index contributed by atoms with van der Waals surface area (Å²) in [5, 5.41) is 4.43. The molecule has 1 aromatic carbocycles. The third-order valence-electron chi connectivity index (χ3n) is 5.61. The molecule has 1 atom stereocenters. The zero-order valence-corrected chi connectivity index (χ0v) is 19.0. The van der Waals surface area contributed by atoms with Crippen LogP contribution in [-0.4, -0.2) is 40.2 Å². The van der Waals surface area contributed by atoms with Gasteiger partial charge < -0.3 is 0 Å². The Morgan fingerprint density at radius 1 is 1.14 bits per heavy atom. The van der Waals surface area contributed by atoms with Gasteiger partial charge in [0.15, 0.2) is 0 Å². The molecule has 0 radical (unpaired) electrons. The molecule has 0 N–H and O–H groups in total. The first-order chi connectivity index (χ1) is 13.4. The average Bonchev–Trinajstić information content (AvgIpc) is 2.96. The minimum atomic E-state index is -3.59. The van der Waals surface area contributed by atoms with Crippen LogP contribution in [0, 0.1) is 0 Å². The van der Waals surface area contributed by atoms with E-state index in [1.807, 2.05) is 26.0 Å². The molecule has 1 unspecified atom stereocenters. The van der Waals surface area contributed by atoms with Crippen LogP contribution in [0.5, 0.6) is 0 Å². The molecule has 2 aromatic rings. The highest BCUT2D eigenvalue weighted by molar-refractivity contribution is 7.89. The first kappa shape index (κ1) is 21.8. The molecule has 8 heteroatoms. The molecule has 1 aliphatic heterocycles. The van der Waals surface area contributed by atoms with Crippen LogP contribution in [0.15, 0.2) is 34.0 Å². The van der Waals surface area contributed by atoms with E-state index in [1.165, 1.54) is 8.99 Å². The summed E-state index contributed by atoms with van der Waals surface area (Å²) in [6, 6.07) is 7.16. The van der Waals surface area contributed by atoms with E-state index in [0.717, 1.165) is 18.4 Å². The fourth-order valence-corrected chi connectivity index (χ4v) is 5.43. The van der Waals surface area contributed by atoms with Crippen LogP contribution in [0.3, 0.4) is 0 Å². The van der Waals surface area contributed by atoms with Crippen molar-refractivity contribution < 1.29 is 8.42 Å². The molecule has 1 aliphatic rings. The van der Waals surface area contributed by atoms with E-state index in [1.54, 1.807) is 23.7 Å². The van der Waals surface area contributed by atoms with Gasteiger partial charge in [0, 0.05) is 32.1 Å². The Labute approximate surface area is 173 Å². The van der Waals surface area contributed by atoms with Crippen LogP contribution in [0.25, 0.3) is 0 Å². The van der Waals surface area contributed by atoms with Crippen molar-refractivity contribution in [3.8, 4) is 0 Å². The minimum Gasteiger partial charge on any atom is -0.276 e. The lowest BCUT2D eigenvalue weighted by Gasteiger charge is -2.32. The largest absolute Gasteiger partial charge is 0.345 e. The summed E-state index contributed by atoms with van der Waals surface area (Å²) in [6.45, 7) is 11.0. The zero-order chi connectivity index (χ0) is 21.6. The Balaban J connectivity index is 1.89. The first-order valence-electron chi connectivity index (χ1n) is 10.2. The van der Waals surface area contributed by atoms with Crippen LogP contribution in [0.1, 0.15) is 70.8 Å². The number of aromatic nitrogens is 3. The Kier molecular flexibility index (Phi) is 5.80. The van der Waals surface area contributed by atoms with Gasteiger partial charge in [0.1, 0.15) is 5.82 Å². The molecule has 7 nitrogen and oxygen atoms in total.